The first-order valence-electron chi connectivity index (χ1n) is 9.49. The van der Waals surface area contributed by atoms with E-state index >= 15 is 0 Å². The minimum atomic E-state index is -0.262. The highest BCUT2D eigenvalue weighted by Crippen LogP contribution is 2.39. The van der Waals surface area contributed by atoms with Crippen molar-refractivity contribution >= 4 is 11.8 Å². The van der Waals surface area contributed by atoms with Crippen LogP contribution in [0.1, 0.15) is 70.6 Å². The van der Waals surface area contributed by atoms with Crippen LogP contribution in [-0.4, -0.2) is 41.4 Å². The first-order chi connectivity index (χ1) is 11.1. The third-order valence-corrected chi connectivity index (χ3v) is 6.10. The summed E-state index contributed by atoms with van der Waals surface area (Å²) in [4.78, 5) is 26.4. The van der Waals surface area contributed by atoms with Crippen LogP contribution in [0.15, 0.2) is 0 Å². The molecule has 23 heavy (non-hydrogen) atoms. The predicted molar refractivity (Wildman–Crippen MR) is 89.7 cm³/mol. The smallest absolute Gasteiger partial charge is 0.234 e. The van der Waals surface area contributed by atoms with E-state index in [0.717, 1.165) is 25.7 Å². The number of likely N-dealkylation sites (tertiary alicyclic amines) is 1. The van der Waals surface area contributed by atoms with Gasteiger partial charge in [0, 0.05) is 12.1 Å². The summed E-state index contributed by atoms with van der Waals surface area (Å²) >= 11 is 0. The Kier molecular flexibility index (Phi) is 5.57. The molecule has 0 aromatic rings. The van der Waals surface area contributed by atoms with Crippen LogP contribution in [0.3, 0.4) is 0 Å². The lowest BCUT2D eigenvalue weighted by molar-refractivity contribution is -0.127. The van der Waals surface area contributed by atoms with E-state index in [4.69, 9.17) is 5.73 Å². The van der Waals surface area contributed by atoms with Gasteiger partial charge in [0.2, 0.25) is 11.8 Å². The minimum Gasteiger partial charge on any atom is -0.368 e. The standard InChI is InChI=1S/C18H31N3O2/c19-18(23)16-11-13-7-5-6-10-15(13)21(16)12-17(22)20-14-8-3-1-2-4-9-14/h13-16H,1-12H2,(H2,19,23)(H,20,22)/t13-,15-,16+/m1/s1. The molecule has 2 aliphatic carbocycles. The summed E-state index contributed by atoms with van der Waals surface area (Å²) in [6.07, 6.45) is 12.7. The number of hydrogen-bond acceptors (Lipinski definition) is 3. The number of carbonyl (C=O) groups is 2. The van der Waals surface area contributed by atoms with Crippen molar-refractivity contribution in [3.8, 4) is 0 Å². The molecule has 3 N–H and O–H groups in total. The molecule has 3 rings (SSSR count). The molecule has 0 aromatic heterocycles. The predicted octanol–water partition coefficient (Wildman–Crippen LogP) is 1.94. The van der Waals surface area contributed by atoms with Crippen LogP contribution in [-0.2, 0) is 9.59 Å². The van der Waals surface area contributed by atoms with Crippen molar-refractivity contribution in [3.63, 3.8) is 0 Å². The first kappa shape index (κ1) is 16.7. The van der Waals surface area contributed by atoms with E-state index < -0.39 is 0 Å². The fraction of sp³-hybridized carbons (Fsp3) is 0.889. The average Bonchev–Trinajstić information content (AvgIpc) is 2.70. The number of carbonyl (C=O) groups excluding carboxylic acids is 2. The van der Waals surface area contributed by atoms with Crippen molar-refractivity contribution in [1.82, 2.24) is 10.2 Å². The molecule has 0 bridgehead atoms. The molecule has 3 fully saturated rings. The SMILES string of the molecule is NC(=O)[C@@H]1C[C@H]2CCCC[C@H]2N1CC(=O)NC1CCCCCC1. The van der Waals surface area contributed by atoms with Crippen LogP contribution in [0, 0.1) is 5.92 Å². The Balaban J connectivity index is 1.59. The molecule has 1 saturated heterocycles. The van der Waals surface area contributed by atoms with Crippen LogP contribution in [0.25, 0.3) is 0 Å². The number of fused-ring (bicyclic) bond motifs is 1. The van der Waals surface area contributed by atoms with E-state index in [-0.39, 0.29) is 17.9 Å². The molecule has 3 aliphatic rings. The molecule has 130 valence electrons. The summed E-state index contributed by atoms with van der Waals surface area (Å²) in [5.41, 5.74) is 5.61. The molecule has 3 atom stereocenters. The van der Waals surface area contributed by atoms with Crippen molar-refractivity contribution < 1.29 is 9.59 Å². The molecular weight excluding hydrogens is 290 g/mol. The topological polar surface area (TPSA) is 75.4 Å². The van der Waals surface area contributed by atoms with E-state index in [1.807, 2.05) is 0 Å². The number of amides is 2. The molecule has 2 amide bonds. The molecule has 5 heteroatoms. The van der Waals surface area contributed by atoms with E-state index in [1.165, 1.54) is 44.9 Å². The lowest BCUT2D eigenvalue weighted by atomic mass is 9.84. The van der Waals surface area contributed by atoms with Gasteiger partial charge in [-0.3, -0.25) is 14.5 Å². The molecule has 0 aromatic carbocycles. The first-order valence-corrected chi connectivity index (χ1v) is 9.49. The van der Waals surface area contributed by atoms with Crippen molar-refractivity contribution in [2.45, 2.75) is 88.8 Å². The van der Waals surface area contributed by atoms with Gasteiger partial charge in [0.1, 0.15) is 0 Å². The van der Waals surface area contributed by atoms with Gasteiger partial charge in [0.15, 0.2) is 0 Å². The summed E-state index contributed by atoms with van der Waals surface area (Å²) in [6.45, 7) is 0.339. The maximum atomic E-state index is 12.5. The molecule has 1 aliphatic heterocycles. The molecule has 2 saturated carbocycles. The number of hydrogen-bond donors (Lipinski definition) is 2. The highest BCUT2D eigenvalue weighted by molar-refractivity contribution is 5.83. The van der Waals surface area contributed by atoms with Crippen LogP contribution in [0.2, 0.25) is 0 Å². The number of nitrogens with one attached hydrogen (secondary N) is 1. The Morgan fingerprint density at radius 2 is 1.61 bits per heavy atom. The second-order valence-corrected chi connectivity index (χ2v) is 7.69. The van der Waals surface area contributed by atoms with Crippen molar-refractivity contribution in [1.29, 1.82) is 0 Å². The Hall–Kier alpha value is -1.10. The Morgan fingerprint density at radius 3 is 2.30 bits per heavy atom. The maximum Gasteiger partial charge on any atom is 0.234 e. The molecule has 1 heterocycles. The van der Waals surface area contributed by atoms with Gasteiger partial charge in [-0.15, -0.1) is 0 Å². The number of nitrogens with two attached hydrogens (primary N) is 1. The van der Waals surface area contributed by atoms with E-state index in [1.54, 1.807) is 0 Å². The fourth-order valence-electron chi connectivity index (χ4n) is 4.92. The van der Waals surface area contributed by atoms with Crippen molar-refractivity contribution in [2.24, 2.45) is 11.7 Å². The van der Waals surface area contributed by atoms with Gasteiger partial charge in [0.25, 0.3) is 0 Å². The second kappa shape index (κ2) is 7.65. The Bertz CT molecular complexity index is 432. The van der Waals surface area contributed by atoms with Gasteiger partial charge in [0.05, 0.1) is 12.6 Å². The lowest BCUT2D eigenvalue weighted by Gasteiger charge is -2.33. The van der Waals surface area contributed by atoms with Gasteiger partial charge in [-0.05, 0) is 38.0 Å². The van der Waals surface area contributed by atoms with Crippen LogP contribution in [0.5, 0.6) is 0 Å². The van der Waals surface area contributed by atoms with Crippen LogP contribution in [0.4, 0.5) is 0 Å². The average molecular weight is 321 g/mol. The summed E-state index contributed by atoms with van der Waals surface area (Å²) in [7, 11) is 0. The van der Waals surface area contributed by atoms with E-state index in [2.05, 4.69) is 10.2 Å². The fourth-order valence-corrected chi connectivity index (χ4v) is 4.92. The number of rotatable bonds is 4. The van der Waals surface area contributed by atoms with Crippen LogP contribution >= 0.6 is 0 Å². The third kappa shape index (κ3) is 4.06. The van der Waals surface area contributed by atoms with Gasteiger partial charge < -0.3 is 11.1 Å². The van der Waals surface area contributed by atoms with Gasteiger partial charge in [-0.25, -0.2) is 0 Å². The van der Waals surface area contributed by atoms with Crippen LogP contribution < -0.4 is 11.1 Å². The molecular formula is C18H31N3O2. The second-order valence-electron chi connectivity index (χ2n) is 7.69. The Morgan fingerprint density at radius 1 is 0.957 bits per heavy atom. The van der Waals surface area contributed by atoms with Gasteiger partial charge in [-0.1, -0.05) is 38.5 Å². The zero-order valence-electron chi connectivity index (χ0n) is 14.1. The molecule has 0 radical (unpaired) electrons. The summed E-state index contributed by atoms with van der Waals surface area (Å²) in [6, 6.07) is 0.450. The monoisotopic (exact) mass is 321 g/mol. The number of primary amides is 1. The Labute approximate surface area is 139 Å². The zero-order chi connectivity index (χ0) is 16.2. The highest BCUT2D eigenvalue weighted by atomic mass is 16.2. The normalized spacial score (nSPS) is 33.0. The zero-order valence-corrected chi connectivity index (χ0v) is 14.1. The summed E-state index contributed by atoms with van der Waals surface area (Å²) in [5, 5.41) is 3.21. The quantitative estimate of drug-likeness (QED) is 0.777. The number of nitrogens with zero attached hydrogens (tertiary/aromatic N) is 1. The summed E-state index contributed by atoms with van der Waals surface area (Å²) < 4.78 is 0. The van der Waals surface area contributed by atoms with E-state index in [9.17, 15) is 9.59 Å². The molecule has 0 unspecified atom stereocenters. The van der Waals surface area contributed by atoms with Crippen molar-refractivity contribution in [3.05, 3.63) is 0 Å². The van der Waals surface area contributed by atoms with Crippen molar-refractivity contribution in [2.75, 3.05) is 6.54 Å². The van der Waals surface area contributed by atoms with Gasteiger partial charge in [-0.2, -0.15) is 0 Å². The van der Waals surface area contributed by atoms with Gasteiger partial charge >= 0.3 is 0 Å². The molecule has 5 nitrogen and oxygen atoms in total. The largest absolute Gasteiger partial charge is 0.368 e. The summed E-state index contributed by atoms with van der Waals surface area (Å²) in [5.74, 6) is 0.364. The molecule has 0 spiro atoms. The maximum absolute atomic E-state index is 12.5. The van der Waals surface area contributed by atoms with E-state index in [0.29, 0.717) is 24.5 Å². The highest BCUT2D eigenvalue weighted by Gasteiger charge is 2.44. The lowest BCUT2D eigenvalue weighted by Crippen LogP contribution is -2.50. The third-order valence-electron chi connectivity index (χ3n) is 6.10. The minimum absolute atomic E-state index is 0.0781.